The van der Waals surface area contributed by atoms with Crippen LogP contribution in [0.2, 0.25) is 10.0 Å². The Morgan fingerprint density at radius 2 is 2.11 bits per heavy atom. The lowest BCUT2D eigenvalue weighted by Gasteiger charge is -2.26. The van der Waals surface area contributed by atoms with E-state index in [0.29, 0.717) is 40.1 Å². The van der Waals surface area contributed by atoms with Crippen LogP contribution in [0.15, 0.2) is 29.1 Å². The Morgan fingerprint density at radius 3 is 2.75 bits per heavy atom. The number of aryl methyl sites for hydroxylation is 1. The van der Waals surface area contributed by atoms with Gasteiger partial charge in [-0.1, -0.05) is 48.8 Å². The highest BCUT2D eigenvalue weighted by Crippen LogP contribution is 2.35. The van der Waals surface area contributed by atoms with Gasteiger partial charge in [0.1, 0.15) is 5.76 Å². The standard InChI is InChI=1S/C18H18Cl2N4O3S/c1-18(2)7-6-10(8-14(18)25)27-16(26)11-4-5-13(19)12(15(11)20)9-28-17-21-22-23-24(17)3/h4-5,8H,6-7,9H2,1-3H3. The number of allylic oxidation sites excluding steroid dienone is 2. The molecule has 0 bridgehead atoms. The van der Waals surface area contributed by atoms with Crippen LogP contribution in [0.1, 0.15) is 42.6 Å². The summed E-state index contributed by atoms with van der Waals surface area (Å²) in [5, 5.41) is 12.5. The first kappa shape index (κ1) is 20.8. The van der Waals surface area contributed by atoms with Crippen LogP contribution in [-0.4, -0.2) is 32.0 Å². The molecule has 0 saturated carbocycles. The van der Waals surface area contributed by atoms with Crippen molar-refractivity contribution in [1.82, 2.24) is 20.2 Å². The number of nitrogens with zero attached hydrogens (tertiary/aromatic N) is 4. The fraction of sp³-hybridized carbons (Fsp3) is 0.389. The van der Waals surface area contributed by atoms with E-state index in [2.05, 4.69) is 15.5 Å². The van der Waals surface area contributed by atoms with Crippen molar-refractivity contribution in [1.29, 1.82) is 0 Å². The van der Waals surface area contributed by atoms with E-state index in [-0.39, 0.29) is 16.4 Å². The van der Waals surface area contributed by atoms with Gasteiger partial charge >= 0.3 is 5.97 Å². The molecule has 1 heterocycles. The number of carbonyl (C=O) groups is 2. The number of hydrogen-bond donors (Lipinski definition) is 0. The molecule has 0 N–H and O–H groups in total. The van der Waals surface area contributed by atoms with Gasteiger partial charge in [0.15, 0.2) is 5.78 Å². The lowest BCUT2D eigenvalue weighted by molar-refractivity contribution is -0.123. The quantitative estimate of drug-likeness (QED) is 0.507. The monoisotopic (exact) mass is 440 g/mol. The molecule has 0 radical (unpaired) electrons. The van der Waals surface area contributed by atoms with Gasteiger partial charge in [0.2, 0.25) is 5.16 Å². The van der Waals surface area contributed by atoms with E-state index >= 15 is 0 Å². The van der Waals surface area contributed by atoms with Gasteiger partial charge in [-0.25, -0.2) is 9.48 Å². The summed E-state index contributed by atoms with van der Waals surface area (Å²) in [7, 11) is 1.72. The largest absolute Gasteiger partial charge is 0.427 e. The van der Waals surface area contributed by atoms with Gasteiger partial charge in [0, 0.05) is 41.3 Å². The van der Waals surface area contributed by atoms with Gasteiger partial charge in [-0.15, -0.1) is 5.10 Å². The molecule has 1 aliphatic rings. The third-order valence-electron chi connectivity index (χ3n) is 4.51. The van der Waals surface area contributed by atoms with Crippen molar-refractivity contribution < 1.29 is 14.3 Å². The van der Waals surface area contributed by atoms with Crippen LogP contribution < -0.4 is 0 Å². The minimum absolute atomic E-state index is 0.0573. The highest BCUT2D eigenvalue weighted by Gasteiger charge is 2.31. The minimum Gasteiger partial charge on any atom is -0.427 e. The zero-order valence-corrected chi connectivity index (χ0v) is 17.9. The molecule has 3 rings (SSSR count). The molecule has 0 atom stereocenters. The third kappa shape index (κ3) is 4.39. The predicted octanol–water partition coefficient (Wildman–Crippen LogP) is 4.24. The third-order valence-corrected chi connectivity index (χ3v) is 6.34. The highest BCUT2D eigenvalue weighted by atomic mass is 35.5. The van der Waals surface area contributed by atoms with Gasteiger partial charge < -0.3 is 4.74 Å². The lowest BCUT2D eigenvalue weighted by atomic mass is 9.79. The number of carbonyl (C=O) groups excluding carboxylic acids is 2. The molecule has 0 unspecified atom stereocenters. The normalized spacial score (nSPS) is 16.0. The number of ketones is 1. The second-order valence-electron chi connectivity index (χ2n) is 7.01. The number of thioether (sulfide) groups is 1. The van der Waals surface area contributed by atoms with Crippen LogP contribution in [0.4, 0.5) is 0 Å². The Hall–Kier alpha value is -1.90. The van der Waals surface area contributed by atoms with Crippen LogP contribution in [0.5, 0.6) is 0 Å². The topological polar surface area (TPSA) is 87.0 Å². The fourth-order valence-electron chi connectivity index (χ4n) is 2.60. The Bertz CT molecular complexity index is 972. The van der Waals surface area contributed by atoms with E-state index in [1.807, 2.05) is 13.8 Å². The number of tetrazole rings is 1. The first-order chi connectivity index (χ1) is 13.2. The van der Waals surface area contributed by atoms with Crippen molar-refractivity contribution >= 4 is 46.7 Å². The molecule has 0 aliphatic heterocycles. The van der Waals surface area contributed by atoms with Crippen molar-refractivity contribution in [2.24, 2.45) is 12.5 Å². The summed E-state index contributed by atoms with van der Waals surface area (Å²) in [6.45, 7) is 3.74. The first-order valence-electron chi connectivity index (χ1n) is 8.48. The van der Waals surface area contributed by atoms with Crippen molar-refractivity contribution in [3.8, 4) is 0 Å². The number of esters is 1. The second kappa shape index (κ2) is 8.23. The van der Waals surface area contributed by atoms with E-state index in [1.54, 1.807) is 13.1 Å². The molecule has 1 aliphatic carbocycles. The van der Waals surface area contributed by atoms with Gasteiger partial charge in [-0.3, -0.25) is 4.79 Å². The maximum atomic E-state index is 12.6. The molecular formula is C18H18Cl2N4O3S. The van der Waals surface area contributed by atoms with Crippen LogP contribution in [-0.2, 0) is 22.3 Å². The zero-order chi connectivity index (χ0) is 20.5. The summed E-state index contributed by atoms with van der Waals surface area (Å²) in [6, 6.07) is 3.11. The summed E-state index contributed by atoms with van der Waals surface area (Å²) in [5.41, 5.74) is 0.337. The van der Waals surface area contributed by atoms with Gasteiger partial charge in [-0.05, 0) is 29.0 Å². The molecule has 0 amide bonds. The number of rotatable bonds is 5. The Labute approximate surface area is 176 Å². The summed E-state index contributed by atoms with van der Waals surface area (Å²) < 4.78 is 6.94. The first-order valence-corrected chi connectivity index (χ1v) is 10.2. The van der Waals surface area contributed by atoms with E-state index in [4.69, 9.17) is 27.9 Å². The molecular weight excluding hydrogens is 423 g/mol. The van der Waals surface area contributed by atoms with Gasteiger partial charge in [0.05, 0.1) is 10.6 Å². The Kier molecular flexibility index (Phi) is 6.12. The van der Waals surface area contributed by atoms with Gasteiger partial charge in [-0.2, -0.15) is 0 Å². The van der Waals surface area contributed by atoms with Crippen LogP contribution in [0.3, 0.4) is 0 Å². The molecule has 0 fully saturated rings. The Balaban J connectivity index is 1.78. The maximum Gasteiger partial charge on any atom is 0.344 e. The molecule has 1 aromatic heterocycles. The SMILES string of the molecule is Cn1nnnc1SCc1c(Cl)ccc(C(=O)OC2=CC(=O)C(C)(C)CC2)c1Cl. The predicted molar refractivity (Wildman–Crippen MR) is 106 cm³/mol. The molecule has 0 spiro atoms. The smallest absolute Gasteiger partial charge is 0.344 e. The highest BCUT2D eigenvalue weighted by molar-refractivity contribution is 7.98. The molecule has 2 aromatic rings. The fourth-order valence-corrected chi connectivity index (χ4v) is 4.23. The average molecular weight is 441 g/mol. The summed E-state index contributed by atoms with van der Waals surface area (Å²) in [6.07, 6.45) is 2.52. The number of ether oxygens (including phenoxy) is 1. The molecule has 0 saturated heterocycles. The van der Waals surface area contributed by atoms with Crippen LogP contribution >= 0.6 is 35.0 Å². The number of aromatic nitrogens is 4. The minimum atomic E-state index is -0.619. The number of halogens is 2. The lowest BCUT2D eigenvalue weighted by Crippen LogP contribution is -2.27. The van der Waals surface area contributed by atoms with Crippen molar-refractivity contribution in [2.45, 2.75) is 37.6 Å². The average Bonchev–Trinajstić information content (AvgIpc) is 3.03. The summed E-state index contributed by atoms with van der Waals surface area (Å²) in [5.74, 6) is 0.0501. The van der Waals surface area contributed by atoms with Crippen molar-refractivity contribution in [3.63, 3.8) is 0 Å². The molecule has 28 heavy (non-hydrogen) atoms. The molecule has 148 valence electrons. The maximum absolute atomic E-state index is 12.6. The van der Waals surface area contributed by atoms with Crippen molar-refractivity contribution in [3.05, 3.63) is 45.1 Å². The molecule has 7 nitrogen and oxygen atoms in total. The van der Waals surface area contributed by atoms with Crippen LogP contribution in [0, 0.1) is 5.41 Å². The van der Waals surface area contributed by atoms with E-state index in [0.717, 1.165) is 0 Å². The van der Waals surface area contributed by atoms with E-state index < -0.39 is 11.4 Å². The number of benzene rings is 1. The summed E-state index contributed by atoms with van der Waals surface area (Å²) >= 11 is 14.0. The number of hydrogen-bond acceptors (Lipinski definition) is 7. The van der Waals surface area contributed by atoms with E-state index in [1.165, 1.54) is 28.6 Å². The van der Waals surface area contributed by atoms with Crippen LogP contribution in [0.25, 0.3) is 0 Å². The zero-order valence-electron chi connectivity index (χ0n) is 15.5. The van der Waals surface area contributed by atoms with Gasteiger partial charge in [0.25, 0.3) is 0 Å². The molecule has 10 heteroatoms. The van der Waals surface area contributed by atoms with E-state index in [9.17, 15) is 9.59 Å². The Morgan fingerprint density at radius 1 is 1.36 bits per heavy atom. The molecule has 1 aromatic carbocycles. The van der Waals surface area contributed by atoms with Crippen molar-refractivity contribution in [2.75, 3.05) is 0 Å². The second-order valence-corrected chi connectivity index (χ2v) is 8.74. The summed E-state index contributed by atoms with van der Waals surface area (Å²) in [4.78, 5) is 24.7.